The Kier molecular flexibility index (Phi) is 7.06. The second kappa shape index (κ2) is 8.89. The standard InChI is InChI=1S/C19H22N4O2.2ClH/c1-12-7-13(2)17-14(8-12)9-16(19(24)22-17)18-21-3-5-23(18)11-15-10-20-4-6-25-15;;/h3,5,7-9,15,20H,4,6,10-11H2,1-2H3,(H,22,24);2*1H. The van der Waals surface area contributed by atoms with Crippen LogP contribution in [0.3, 0.4) is 0 Å². The van der Waals surface area contributed by atoms with Crippen LogP contribution >= 0.6 is 24.8 Å². The van der Waals surface area contributed by atoms with Crippen molar-refractivity contribution >= 4 is 35.7 Å². The third-order valence-electron chi connectivity index (χ3n) is 4.65. The summed E-state index contributed by atoms with van der Waals surface area (Å²) in [6.07, 6.45) is 3.72. The van der Waals surface area contributed by atoms with Crippen LogP contribution in [-0.4, -0.2) is 40.3 Å². The van der Waals surface area contributed by atoms with E-state index < -0.39 is 0 Å². The van der Waals surface area contributed by atoms with Crippen LogP contribution in [0.15, 0.2) is 35.4 Å². The molecule has 0 saturated carbocycles. The van der Waals surface area contributed by atoms with Gasteiger partial charge in [0.25, 0.3) is 5.56 Å². The predicted molar refractivity (Wildman–Crippen MR) is 112 cm³/mol. The van der Waals surface area contributed by atoms with Crippen molar-refractivity contribution in [2.24, 2.45) is 0 Å². The smallest absolute Gasteiger partial charge is 0.259 e. The van der Waals surface area contributed by atoms with Crippen molar-refractivity contribution in [3.63, 3.8) is 0 Å². The predicted octanol–water partition coefficient (Wildman–Crippen LogP) is 2.84. The minimum Gasteiger partial charge on any atom is -0.374 e. The van der Waals surface area contributed by atoms with E-state index in [0.717, 1.165) is 29.6 Å². The maximum absolute atomic E-state index is 12.7. The average Bonchev–Trinajstić information content (AvgIpc) is 3.04. The molecule has 3 heterocycles. The number of aromatic amines is 1. The van der Waals surface area contributed by atoms with Gasteiger partial charge in [-0.25, -0.2) is 4.98 Å². The summed E-state index contributed by atoms with van der Waals surface area (Å²) >= 11 is 0. The van der Waals surface area contributed by atoms with Crippen molar-refractivity contribution in [3.8, 4) is 11.4 Å². The van der Waals surface area contributed by atoms with Gasteiger partial charge in [0.2, 0.25) is 0 Å². The molecule has 2 aromatic heterocycles. The maximum atomic E-state index is 12.7. The summed E-state index contributed by atoms with van der Waals surface area (Å²) in [6, 6.07) is 6.10. The number of imidazole rings is 1. The molecule has 0 spiro atoms. The van der Waals surface area contributed by atoms with E-state index in [1.807, 2.05) is 23.8 Å². The SMILES string of the molecule is Cc1cc(C)c2[nH]c(=O)c(-c3nccn3CC3CNCCO3)cc2c1.Cl.Cl. The number of ether oxygens (including phenoxy) is 1. The zero-order valence-corrected chi connectivity index (χ0v) is 17.0. The number of morpholine rings is 1. The van der Waals surface area contributed by atoms with Crippen molar-refractivity contribution in [3.05, 3.63) is 52.1 Å². The van der Waals surface area contributed by atoms with E-state index in [0.29, 0.717) is 24.5 Å². The van der Waals surface area contributed by atoms with Gasteiger partial charge in [0, 0.05) is 25.5 Å². The van der Waals surface area contributed by atoms with Gasteiger partial charge in [0.15, 0.2) is 0 Å². The van der Waals surface area contributed by atoms with Crippen LogP contribution < -0.4 is 10.9 Å². The van der Waals surface area contributed by atoms with Crippen LogP contribution in [0.2, 0.25) is 0 Å². The third-order valence-corrected chi connectivity index (χ3v) is 4.65. The van der Waals surface area contributed by atoms with E-state index in [-0.39, 0.29) is 36.5 Å². The van der Waals surface area contributed by atoms with Gasteiger partial charge < -0.3 is 19.6 Å². The summed E-state index contributed by atoms with van der Waals surface area (Å²) in [4.78, 5) is 20.1. The Morgan fingerprint density at radius 2 is 2.07 bits per heavy atom. The fourth-order valence-corrected chi connectivity index (χ4v) is 3.51. The quantitative estimate of drug-likeness (QED) is 0.696. The second-order valence-electron chi connectivity index (χ2n) is 6.66. The number of H-pyrrole nitrogens is 1. The van der Waals surface area contributed by atoms with Gasteiger partial charge in [-0.2, -0.15) is 0 Å². The highest BCUT2D eigenvalue weighted by molar-refractivity contribution is 5.86. The van der Waals surface area contributed by atoms with Crippen LogP contribution in [0.25, 0.3) is 22.3 Å². The van der Waals surface area contributed by atoms with Crippen molar-refractivity contribution < 1.29 is 4.74 Å². The summed E-state index contributed by atoms with van der Waals surface area (Å²) in [7, 11) is 0. The van der Waals surface area contributed by atoms with Crippen LogP contribution in [0.4, 0.5) is 0 Å². The highest BCUT2D eigenvalue weighted by Crippen LogP contribution is 2.22. The molecule has 0 aliphatic carbocycles. The van der Waals surface area contributed by atoms with E-state index in [9.17, 15) is 4.79 Å². The minimum absolute atomic E-state index is 0. The first-order chi connectivity index (χ1) is 12.1. The number of fused-ring (bicyclic) bond motifs is 1. The number of pyridine rings is 1. The molecule has 0 bridgehead atoms. The van der Waals surface area contributed by atoms with E-state index in [1.165, 1.54) is 5.56 Å². The Balaban J connectivity index is 0.00000131. The molecule has 1 atom stereocenters. The lowest BCUT2D eigenvalue weighted by molar-refractivity contribution is 0.0185. The molecule has 4 rings (SSSR count). The number of nitrogens with zero attached hydrogens (tertiary/aromatic N) is 2. The van der Waals surface area contributed by atoms with Gasteiger partial charge in [-0.05, 0) is 36.9 Å². The van der Waals surface area contributed by atoms with Crippen LogP contribution in [0.1, 0.15) is 11.1 Å². The highest BCUT2D eigenvalue weighted by atomic mass is 35.5. The van der Waals surface area contributed by atoms with Gasteiger partial charge in [-0.1, -0.05) is 11.6 Å². The normalized spacial score (nSPS) is 16.6. The first-order valence-electron chi connectivity index (χ1n) is 8.60. The molecule has 6 nitrogen and oxygen atoms in total. The summed E-state index contributed by atoms with van der Waals surface area (Å²) in [5, 5.41) is 4.35. The molecule has 3 aromatic rings. The van der Waals surface area contributed by atoms with Gasteiger partial charge in [-0.3, -0.25) is 4.79 Å². The molecular formula is C19H24Cl2N4O2. The summed E-state index contributed by atoms with van der Waals surface area (Å²) in [5.74, 6) is 0.677. The lowest BCUT2D eigenvalue weighted by Crippen LogP contribution is -2.40. The summed E-state index contributed by atoms with van der Waals surface area (Å²) in [5.41, 5.74) is 3.61. The number of benzene rings is 1. The molecule has 0 radical (unpaired) electrons. The Labute approximate surface area is 170 Å². The molecular weight excluding hydrogens is 387 g/mol. The van der Waals surface area contributed by atoms with Crippen molar-refractivity contribution in [2.75, 3.05) is 19.7 Å². The maximum Gasteiger partial charge on any atom is 0.259 e. The lowest BCUT2D eigenvalue weighted by Gasteiger charge is -2.24. The first kappa shape index (κ1) is 21.4. The van der Waals surface area contributed by atoms with Crippen LogP contribution in [0.5, 0.6) is 0 Å². The molecule has 1 aliphatic heterocycles. The number of rotatable bonds is 3. The van der Waals surface area contributed by atoms with E-state index in [1.54, 1.807) is 6.20 Å². The van der Waals surface area contributed by atoms with Gasteiger partial charge in [0.05, 0.1) is 30.3 Å². The third kappa shape index (κ3) is 4.35. The number of aromatic nitrogens is 3. The molecule has 27 heavy (non-hydrogen) atoms. The van der Waals surface area contributed by atoms with E-state index in [2.05, 4.69) is 34.3 Å². The fraction of sp³-hybridized carbons (Fsp3) is 0.368. The number of aryl methyl sites for hydroxylation is 2. The Morgan fingerprint density at radius 3 is 2.81 bits per heavy atom. The van der Waals surface area contributed by atoms with Crippen molar-refractivity contribution in [2.45, 2.75) is 26.5 Å². The van der Waals surface area contributed by atoms with E-state index in [4.69, 9.17) is 4.74 Å². The minimum atomic E-state index is -0.116. The van der Waals surface area contributed by atoms with Crippen LogP contribution in [-0.2, 0) is 11.3 Å². The van der Waals surface area contributed by atoms with Gasteiger partial charge in [0.1, 0.15) is 5.82 Å². The van der Waals surface area contributed by atoms with Gasteiger partial charge >= 0.3 is 0 Å². The largest absolute Gasteiger partial charge is 0.374 e. The Hall–Kier alpha value is -1.86. The first-order valence-corrected chi connectivity index (χ1v) is 8.60. The second-order valence-corrected chi connectivity index (χ2v) is 6.66. The number of nitrogens with one attached hydrogen (secondary N) is 2. The Morgan fingerprint density at radius 1 is 1.26 bits per heavy atom. The highest BCUT2D eigenvalue weighted by Gasteiger charge is 2.18. The summed E-state index contributed by atoms with van der Waals surface area (Å²) < 4.78 is 7.77. The topological polar surface area (TPSA) is 71.9 Å². The van der Waals surface area contributed by atoms with Gasteiger partial charge in [-0.15, -0.1) is 24.8 Å². The van der Waals surface area contributed by atoms with Crippen molar-refractivity contribution in [1.29, 1.82) is 0 Å². The van der Waals surface area contributed by atoms with Crippen molar-refractivity contribution in [1.82, 2.24) is 19.9 Å². The number of hydrogen-bond acceptors (Lipinski definition) is 4. The van der Waals surface area contributed by atoms with E-state index >= 15 is 0 Å². The molecule has 1 aromatic carbocycles. The fourth-order valence-electron chi connectivity index (χ4n) is 3.51. The molecule has 1 fully saturated rings. The zero-order valence-electron chi connectivity index (χ0n) is 15.3. The molecule has 1 saturated heterocycles. The molecule has 146 valence electrons. The number of halogens is 2. The average molecular weight is 411 g/mol. The molecule has 8 heteroatoms. The molecule has 2 N–H and O–H groups in total. The van der Waals surface area contributed by atoms with Crippen LogP contribution in [0, 0.1) is 13.8 Å². The lowest BCUT2D eigenvalue weighted by atomic mass is 10.1. The monoisotopic (exact) mass is 410 g/mol. The Bertz CT molecular complexity index is 977. The zero-order chi connectivity index (χ0) is 17.4. The summed E-state index contributed by atoms with van der Waals surface area (Å²) in [6.45, 7) is 7.15. The number of hydrogen-bond donors (Lipinski definition) is 2. The molecule has 0 amide bonds. The molecule has 1 unspecified atom stereocenters. The molecule has 1 aliphatic rings.